The third kappa shape index (κ3) is 3.04. The minimum absolute atomic E-state index is 0.176. The molecule has 0 fully saturated rings. The average molecular weight is 267 g/mol. The molecular formula is C11H13N3OS2. The maximum absolute atomic E-state index is 11.7. The lowest BCUT2D eigenvalue weighted by Crippen LogP contribution is -2.22. The number of carbonyl (C=O) groups excluding carboxylic acids is 1. The molecule has 3 N–H and O–H groups in total. The number of thiazole rings is 1. The molecule has 6 heteroatoms. The number of hydrogen-bond donors (Lipinski definition) is 2. The molecule has 0 aliphatic carbocycles. The summed E-state index contributed by atoms with van der Waals surface area (Å²) in [5, 5.41) is 4.91. The average Bonchev–Trinajstić information content (AvgIpc) is 2.94. The fourth-order valence-corrected chi connectivity index (χ4v) is 2.80. The van der Waals surface area contributed by atoms with E-state index in [1.807, 2.05) is 6.07 Å². The van der Waals surface area contributed by atoms with Crippen LogP contribution in [0.15, 0.2) is 17.5 Å². The molecule has 2 heterocycles. The predicted octanol–water partition coefficient (Wildman–Crippen LogP) is 2.28. The second kappa shape index (κ2) is 5.29. The van der Waals surface area contributed by atoms with Crippen molar-refractivity contribution in [2.45, 2.75) is 19.9 Å². The van der Waals surface area contributed by atoms with E-state index >= 15 is 0 Å². The maximum atomic E-state index is 11.7. The fourth-order valence-electron chi connectivity index (χ4n) is 1.36. The SMILES string of the molecule is CCc1ccc(CNC(=O)c2csc(N)n2)s1. The Balaban J connectivity index is 1.92. The Bertz CT molecular complexity index is 518. The van der Waals surface area contributed by atoms with Crippen LogP contribution in [0.2, 0.25) is 0 Å². The van der Waals surface area contributed by atoms with Gasteiger partial charge in [0.2, 0.25) is 0 Å². The van der Waals surface area contributed by atoms with Crippen molar-refractivity contribution < 1.29 is 4.79 Å². The molecule has 0 unspecified atom stereocenters. The fraction of sp³-hybridized carbons (Fsp3) is 0.273. The molecule has 0 saturated heterocycles. The lowest BCUT2D eigenvalue weighted by Gasteiger charge is -2.00. The van der Waals surface area contributed by atoms with Gasteiger partial charge in [-0.15, -0.1) is 22.7 Å². The standard InChI is InChI=1S/C11H13N3OS2/c1-2-7-3-4-8(17-7)5-13-10(15)9-6-16-11(12)14-9/h3-4,6H,2,5H2,1H3,(H2,12,14)(H,13,15). The highest BCUT2D eigenvalue weighted by molar-refractivity contribution is 7.13. The Morgan fingerprint density at radius 2 is 2.24 bits per heavy atom. The number of carbonyl (C=O) groups is 1. The van der Waals surface area contributed by atoms with Crippen molar-refractivity contribution in [1.82, 2.24) is 10.3 Å². The molecule has 90 valence electrons. The molecule has 0 radical (unpaired) electrons. The van der Waals surface area contributed by atoms with Crippen LogP contribution in [0, 0.1) is 0 Å². The Morgan fingerprint density at radius 1 is 1.47 bits per heavy atom. The molecule has 17 heavy (non-hydrogen) atoms. The summed E-state index contributed by atoms with van der Waals surface area (Å²) in [6, 6.07) is 4.13. The first kappa shape index (κ1) is 12.1. The van der Waals surface area contributed by atoms with Gasteiger partial charge in [0.05, 0.1) is 6.54 Å². The molecule has 0 aromatic carbocycles. The van der Waals surface area contributed by atoms with Crippen LogP contribution in [-0.4, -0.2) is 10.9 Å². The van der Waals surface area contributed by atoms with Gasteiger partial charge in [-0.1, -0.05) is 6.92 Å². The van der Waals surface area contributed by atoms with E-state index in [1.54, 1.807) is 16.7 Å². The van der Waals surface area contributed by atoms with Crippen molar-refractivity contribution >= 4 is 33.7 Å². The van der Waals surface area contributed by atoms with Crippen molar-refractivity contribution in [1.29, 1.82) is 0 Å². The molecule has 0 atom stereocenters. The van der Waals surface area contributed by atoms with Crippen molar-refractivity contribution in [2.75, 3.05) is 5.73 Å². The van der Waals surface area contributed by atoms with Crippen LogP contribution in [0.25, 0.3) is 0 Å². The lowest BCUT2D eigenvalue weighted by atomic mass is 10.3. The van der Waals surface area contributed by atoms with Gasteiger partial charge in [0.25, 0.3) is 5.91 Å². The van der Waals surface area contributed by atoms with Crippen LogP contribution in [0.1, 0.15) is 27.2 Å². The van der Waals surface area contributed by atoms with Crippen molar-refractivity contribution in [2.24, 2.45) is 0 Å². The predicted molar refractivity (Wildman–Crippen MR) is 71.4 cm³/mol. The minimum atomic E-state index is -0.176. The van der Waals surface area contributed by atoms with Crippen LogP contribution < -0.4 is 11.1 Å². The van der Waals surface area contributed by atoms with Gasteiger partial charge in [-0.2, -0.15) is 0 Å². The lowest BCUT2D eigenvalue weighted by molar-refractivity contribution is 0.0947. The Morgan fingerprint density at radius 3 is 2.82 bits per heavy atom. The van der Waals surface area contributed by atoms with Gasteiger partial charge in [0.15, 0.2) is 5.13 Å². The van der Waals surface area contributed by atoms with E-state index in [0.717, 1.165) is 11.3 Å². The molecule has 2 aromatic heterocycles. The molecular weight excluding hydrogens is 254 g/mol. The number of rotatable bonds is 4. The molecule has 0 aliphatic rings. The number of hydrogen-bond acceptors (Lipinski definition) is 5. The summed E-state index contributed by atoms with van der Waals surface area (Å²) in [5.74, 6) is -0.176. The topological polar surface area (TPSA) is 68.0 Å². The maximum Gasteiger partial charge on any atom is 0.271 e. The number of thiophene rings is 1. The van der Waals surface area contributed by atoms with Gasteiger partial charge in [-0.25, -0.2) is 4.98 Å². The highest BCUT2D eigenvalue weighted by Crippen LogP contribution is 2.17. The van der Waals surface area contributed by atoms with E-state index < -0.39 is 0 Å². The van der Waals surface area contributed by atoms with Gasteiger partial charge in [-0.3, -0.25) is 4.79 Å². The van der Waals surface area contributed by atoms with Gasteiger partial charge in [0, 0.05) is 15.1 Å². The van der Waals surface area contributed by atoms with Gasteiger partial charge in [-0.05, 0) is 18.6 Å². The van der Waals surface area contributed by atoms with Gasteiger partial charge < -0.3 is 11.1 Å². The molecule has 0 spiro atoms. The normalized spacial score (nSPS) is 10.4. The number of nitrogens with zero attached hydrogens (tertiary/aromatic N) is 1. The van der Waals surface area contributed by atoms with Crippen molar-refractivity contribution in [3.05, 3.63) is 33.0 Å². The second-order valence-electron chi connectivity index (χ2n) is 3.48. The van der Waals surface area contributed by atoms with Crippen LogP contribution in [0.5, 0.6) is 0 Å². The Labute approximate surface area is 107 Å². The zero-order valence-electron chi connectivity index (χ0n) is 9.40. The number of aromatic nitrogens is 1. The first-order chi connectivity index (χ1) is 8.19. The second-order valence-corrected chi connectivity index (χ2v) is 5.62. The number of nitrogens with one attached hydrogen (secondary N) is 1. The number of nitrogens with two attached hydrogens (primary N) is 1. The van der Waals surface area contributed by atoms with Gasteiger partial charge in [0.1, 0.15) is 5.69 Å². The first-order valence-corrected chi connectivity index (χ1v) is 6.95. The molecule has 1 amide bonds. The molecule has 0 saturated carbocycles. The van der Waals surface area contributed by atoms with E-state index in [9.17, 15) is 4.79 Å². The third-order valence-electron chi connectivity index (χ3n) is 2.24. The van der Waals surface area contributed by atoms with Gasteiger partial charge >= 0.3 is 0 Å². The zero-order chi connectivity index (χ0) is 12.3. The first-order valence-electron chi connectivity index (χ1n) is 5.26. The summed E-state index contributed by atoms with van der Waals surface area (Å²) in [6.07, 6.45) is 1.03. The number of nitrogen functional groups attached to an aromatic ring is 1. The van der Waals surface area contributed by atoms with E-state index in [1.165, 1.54) is 16.2 Å². The van der Waals surface area contributed by atoms with E-state index in [0.29, 0.717) is 17.4 Å². The monoisotopic (exact) mass is 267 g/mol. The number of amides is 1. The highest BCUT2D eigenvalue weighted by atomic mass is 32.1. The number of anilines is 1. The largest absolute Gasteiger partial charge is 0.375 e. The summed E-state index contributed by atoms with van der Waals surface area (Å²) in [4.78, 5) is 18.1. The van der Waals surface area contributed by atoms with Crippen LogP contribution in [0.3, 0.4) is 0 Å². The molecule has 4 nitrogen and oxygen atoms in total. The number of aryl methyl sites for hydroxylation is 1. The van der Waals surface area contributed by atoms with E-state index in [2.05, 4.69) is 23.3 Å². The van der Waals surface area contributed by atoms with E-state index in [4.69, 9.17) is 5.73 Å². The van der Waals surface area contributed by atoms with Crippen molar-refractivity contribution in [3.63, 3.8) is 0 Å². The molecule has 0 aliphatic heterocycles. The van der Waals surface area contributed by atoms with Crippen molar-refractivity contribution in [3.8, 4) is 0 Å². The zero-order valence-corrected chi connectivity index (χ0v) is 11.0. The summed E-state index contributed by atoms with van der Waals surface area (Å²) in [7, 11) is 0. The quantitative estimate of drug-likeness (QED) is 0.893. The van der Waals surface area contributed by atoms with E-state index in [-0.39, 0.29) is 5.91 Å². The summed E-state index contributed by atoms with van der Waals surface area (Å²) in [5.41, 5.74) is 5.86. The molecule has 2 rings (SSSR count). The molecule has 0 bridgehead atoms. The minimum Gasteiger partial charge on any atom is -0.375 e. The third-order valence-corrected chi connectivity index (χ3v) is 4.15. The van der Waals surface area contributed by atoms with Crippen LogP contribution >= 0.6 is 22.7 Å². The molecule has 2 aromatic rings. The Hall–Kier alpha value is -1.40. The Kier molecular flexibility index (Phi) is 3.75. The highest BCUT2D eigenvalue weighted by Gasteiger charge is 2.09. The summed E-state index contributed by atoms with van der Waals surface area (Å²) in [6.45, 7) is 2.66. The van der Waals surface area contributed by atoms with Crippen LogP contribution in [-0.2, 0) is 13.0 Å². The smallest absolute Gasteiger partial charge is 0.271 e. The summed E-state index contributed by atoms with van der Waals surface area (Å²) < 4.78 is 0. The summed E-state index contributed by atoms with van der Waals surface area (Å²) >= 11 is 2.99. The van der Waals surface area contributed by atoms with Crippen LogP contribution in [0.4, 0.5) is 5.13 Å².